The van der Waals surface area contributed by atoms with Crippen LogP contribution in [-0.2, 0) is 11.3 Å². The molecule has 0 atom stereocenters. The van der Waals surface area contributed by atoms with Crippen LogP contribution in [0.5, 0.6) is 5.75 Å². The van der Waals surface area contributed by atoms with Gasteiger partial charge in [0, 0.05) is 32.8 Å². The van der Waals surface area contributed by atoms with Crippen LogP contribution in [0.15, 0.2) is 48.7 Å². The van der Waals surface area contributed by atoms with Crippen LogP contribution < -0.4 is 10.1 Å². The van der Waals surface area contributed by atoms with E-state index in [2.05, 4.69) is 5.32 Å². The lowest BCUT2D eigenvalue weighted by Crippen LogP contribution is -2.18. The lowest BCUT2D eigenvalue weighted by atomic mass is 10.2. The van der Waals surface area contributed by atoms with Crippen molar-refractivity contribution in [2.24, 2.45) is 0 Å². The van der Waals surface area contributed by atoms with Gasteiger partial charge in [0.05, 0.1) is 6.61 Å². The number of ether oxygens (including phenoxy) is 1. The number of benzene rings is 2. The lowest BCUT2D eigenvalue weighted by Gasteiger charge is -2.09. The van der Waals surface area contributed by atoms with Crippen molar-refractivity contribution >= 4 is 45.7 Å². The van der Waals surface area contributed by atoms with E-state index in [1.165, 1.54) is 0 Å². The third-order valence-electron chi connectivity index (χ3n) is 3.51. The molecule has 3 rings (SSSR count). The van der Waals surface area contributed by atoms with Gasteiger partial charge in [-0.15, -0.1) is 0 Å². The zero-order chi connectivity index (χ0) is 17.1. The molecule has 0 saturated carbocycles. The first-order chi connectivity index (χ1) is 11.5. The molecule has 4 nitrogen and oxygen atoms in total. The summed E-state index contributed by atoms with van der Waals surface area (Å²) in [4.78, 5) is 12.3. The Labute approximate surface area is 149 Å². The predicted molar refractivity (Wildman–Crippen MR) is 98.2 cm³/mol. The molecule has 0 spiro atoms. The number of carbonyl (C=O) groups is 1. The summed E-state index contributed by atoms with van der Waals surface area (Å²) in [6, 6.07) is 12.7. The fraction of sp³-hybridized carbons (Fsp3) is 0.167. The average Bonchev–Trinajstić information content (AvgIpc) is 2.88. The minimum Gasteiger partial charge on any atom is -0.494 e. The van der Waals surface area contributed by atoms with Crippen LogP contribution in [0.4, 0.5) is 5.69 Å². The molecule has 0 aliphatic carbocycles. The van der Waals surface area contributed by atoms with E-state index in [1.807, 2.05) is 42.0 Å². The number of nitrogens with one attached hydrogen (secondary N) is 1. The molecule has 0 aliphatic heterocycles. The van der Waals surface area contributed by atoms with Gasteiger partial charge in [-0.05, 0) is 49.4 Å². The number of aromatic nitrogens is 1. The number of fused-ring (bicyclic) bond motifs is 1. The van der Waals surface area contributed by atoms with Gasteiger partial charge in [0.15, 0.2) is 0 Å². The van der Waals surface area contributed by atoms with Gasteiger partial charge >= 0.3 is 0 Å². The van der Waals surface area contributed by atoms with E-state index >= 15 is 0 Å². The number of amides is 1. The average molecular weight is 363 g/mol. The Kier molecular flexibility index (Phi) is 4.97. The second-order valence-corrected chi connectivity index (χ2v) is 6.18. The number of hydrogen-bond donors (Lipinski definition) is 1. The maximum Gasteiger partial charge on any atom is 0.244 e. The van der Waals surface area contributed by atoms with Gasteiger partial charge in [-0.25, -0.2) is 0 Å². The second kappa shape index (κ2) is 7.16. The van der Waals surface area contributed by atoms with Crippen LogP contribution in [0.2, 0.25) is 10.0 Å². The van der Waals surface area contributed by atoms with Crippen LogP contribution in [0.3, 0.4) is 0 Å². The number of carbonyl (C=O) groups excluding carboxylic acids is 1. The first-order valence-electron chi connectivity index (χ1n) is 7.53. The first-order valence-corrected chi connectivity index (χ1v) is 8.28. The summed E-state index contributed by atoms with van der Waals surface area (Å²) in [5.41, 5.74) is 1.55. The molecular formula is C18H16Cl2N2O2. The monoisotopic (exact) mass is 362 g/mol. The summed E-state index contributed by atoms with van der Waals surface area (Å²) in [6.45, 7) is 2.76. The summed E-state index contributed by atoms with van der Waals surface area (Å²) >= 11 is 11.9. The Bertz CT molecular complexity index is 870. The molecule has 0 saturated heterocycles. The third kappa shape index (κ3) is 3.83. The molecule has 0 radical (unpaired) electrons. The van der Waals surface area contributed by atoms with Crippen molar-refractivity contribution in [3.8, 4) is 5.75 Å². The van der Waals surface area contributed by atoms with E-state index in [0.717, 1.165) is 16.7 Å². The van der Waals surface area contributed by atoms with Crippen LogP contribution in [-0.4, -0.2) is 17.1 Å². The molecule has 124 valence electrons. The zero-order valence-electron chi connectivity index (χ0n) is 13.1. The van der Waals surface area contributed by atoms with Gasteiger partial charge in [0.1, 0.15) is 12.3 Å². The standard InChI is InChI=1S/C18H16Cl2N2O2/c1-2-24-16-3-4-17-12(7-16)5-6-22(17)11-18(23)21-15-9-13(19)8-14(20)10-15/h3-10H,2,11H2,1H3,(H,21,23). The number of nitrogens with zero attached hydrogens (tertiary/aromatic N) is 1. The Morgan fingerprint density at radius 1 is 1.12 bits per heavy atom. The quantitative estimate of drug-likeness (QED) is 0.694. The van der Waals surface area contributed by atoms with Gasteiger partial charge in [0.25, 0.3) is 0 Å². The van der Waals surface area contributed by atoms with Crippen molar-refractivity contribution in [3.05, 3.63) is 58.7 Å². The zero-order valence-corrected chi connectivity index (χ0v) is 14.6. The number of anilines is 1. The van der Waals surface area contributed by atoms with Gasteiger partial charge in [0.2, 0.25) is 5.91 Å². The van der Waals surface area contributed by atoms with Gasteiger partial charge in [-0.2, -0.15) is 0 Å². The van der Waals surface area contributed by atoms with Crippen LogP contribution in [0.25, 0.3) is 10.9 Å². The highest BCUT2D eigenvalue weighted by molar-refractivity contribution is 6.35. The molecule has 6 heteroatoms. The van der Waals surface area contributed by atoms with Crippen LogP contribution in [0, 0.1) is 0 Å². The molecule has 24 heavy (non-hydrogen) atoms. The summed E-state index contributed by atoms with van der Waals surface area (Å²) in [5, 5.41) is 4.79. The highest BCUT2D eigenvalue weighted by Crippen LogP contribution is 2.24. The Hall–Kier alpha value is -2.17. The number of hydrogen-bond acceptors (Lipinski definition) is 2. The van der Waals surface area contributed by atoms with Crippen molar-refractivity contribution in [1.29, 1.82) is 0 Å². The molecule has 2 aromatic carbocycles. The van der Waals surface area contributed by atoms with Gasteiger partial charge in [-0.1, -0.05) is 23.2 Å². The van der Waals surface area contributed by atoms with Crippen molar-refractivity contribution in [2.45, 2.75) is 13.5 Å². The number of halogens is 2. The summed E-state index contributed by atoms with van der Waals surface area (Å²) < 4.78 is 7.37. The molecule has 0 bridgehead atoms. The van der Waals surface area contributed by atoms with Gasteiger partial charge < -0.3 is 14.6 Å². The molecule has 1 heterocycles. The molecule has 0 aliphatic rings. The predicted octanol–water partition coefficient (Wildman–Crippen LogP) is 4.99. The van der Waals surface area contributed by atoms with Crippen molar-refractivity contribution < 1.29 is 9.53 Å². The van der Waals surface area contributed by atoms with Crippen molar-refractivity contribution in [1.82, 2.24) is 4.57 Å². The largest absolute Gasteiger partial charge is 0.494 e. The fourth-order valence-corrected chi connectivity index (χ4v) is 3.08. The topological polar surface area (TPSA) is 43.3 Å². The van der Waals surface area contributed by atoms with Crippen molar-refractivity contribution in [3.63, 3.8) is 0 Å². The Morgan fingerprint density at radius 3 is 2.58 bits per heavy atom. The van der Waals surface area contributed by atoms with E-state index in [0.29, 0.717) is 22.3 Å². The minimum atomic E-state index is -0.153. The fourth-order valence-electron chi connectivity index (χ4n) is 2.55. The minimum absolute atomic E-state index is 0.153. The van der Waals surface area contributed by atoms with Crippen LogP contribution >= 0.6 is 23.2 Å². The van der Waals surface area contributed by atoms with Crippen molar-refractivity contribution in [2.75, 3.05) is 11.9 Å². The summed E-state index contributed by atoms with van der Waals surface area (Å²) in [5.74, 6) is 0.667. The lowest BCUT2D eigenvalue weighted by molar-refractivity contribution is -0.116. The first kappa shape index (κ1) is 16.7. The van der Waals surface area contributed by atoms with E-state index in [9.17, 15) is 4.79 Å². The molecular weight excluding hydrogens is 347 g/mol. The summed E-state index contributed by atoms with van der Waals surface area (Å²) in [7, 11) is 0. The van der Waals surface area contributed by atoms with E-state index in [4.69, 9.17) is 27.9 Å². The molecule has 0 unspecified atom stereocenters. The van der Waals surface area contributed by atoms with Gasteiger partial charge in [-0.3, -0.25) is 4.79 Å². The maximum atomic E-state index is 12.3. The highest BCUT2D eigenvalue weighted by Gasteiger charge is 2.08. The highest BCUT2D eigenvalue weighted by atomic mass is 35.5. The van der Waals surface area contributed by atoms with E-state index < -0.39 is 0 Å². The molecule has 1 amide bonds. The third-order valence-corrected chi connectivity index (χ3v) is 3.95. The SMILES string of the molecule is CCOc1ccc2c(ccn2CC(=O)Nc2cc(Cl)cc(Cl)c2)c1. The molecule has 1 N–H and O–H groups in total. The second-order valence-electron chi connectivity index (χ2n) is 5.30. The van der Waals surface area contributed by atoms with E-state index in [-0.39, 0.29) is 12.5 Å². The smallest absolute Gasteiger partial charge is 0.244 e. The Morgan fingerprint density at radius 2 is 1.88 bits per heavy atom. The number of rotatable bonds is 5. The molecule has 3 aromatic rings. The normalized spacial score (nSPS) is 10.8. The Balaban J connectivity index is 1.75. The summed E-state index contributed by atoms with van der Waals surface area (Å²) in [6.07, 6.45) is 1.88. The molecule has 1 aromatic heterocycles. The maximum absolute atomic E-state index is 12.3. The van der Waals surface area contributed by atoms with Crippen LogP contribution in [0.1, 0.15) is 6.92 Å². The van der Waals surface area contributed by atoms with E-state index in [1.54, 1.807) is 18.2 Å². The molecule has 0 fully saturated rings.